The summed E-state index contributed by atoms with van der Waals surface area (Å²) in [7, 11) is 0. The molecule has 0 aromatic carbocycles. The highest BCUT2D eigenvalue weighted by atomic mass is 16.4. The maximum absolute atomic E-state index is 12.2. The zero-order valence-corrected chi connectivity index (χ0v) is 16.5. The molecule has 0 aliphatic carbocycles. The summed E-state index contributed by atoms with van der Waals surface area (Å²) in [5, 5.41) is 25.6. The fraction of sp³-hybridized carbons (Fsp3) is 0.765. The summed E-state index contributed by atoms with van der Waals surface area (Å²) >= 11 is 0. The monoisotopic (exact) mass is 388 g/mol. The van der Waals surface area contributed by atoms with E-state index in [1.165, 1.54) is 6.92 Å². The number of carbonyl (C=O) groups excluding carboxylic acids is 3. The summed E-state index contributed by atoms with van der Waals surface area (Å²) in [6, 6.07) is -4.27. The molecule has 0 spiro atoms. The first-order chi connectivity index (χ1) is 12.5. The number of amides is 3. The number of nitrogens with one attached hydrogen (secondary N) is 3. The third kappa shape index (κ3) is 7.92. The van der Waals surface area contributed by atoms with Crippen LogP contribution in [0.4, 0.5) is 0 Å². The summed E-state index contributed by atoms with van der Waals surface area (Å²) in [5.74, 6) is -3.70. The van der Waals surface area contributed by atoms with Crippen LogP contribution in [-0.2, 0) is 19.2 Å². The van der Waals surface area contributed by atoms with Gasteiger partial charge >= 0.3 is 5.97 Å². The van der Waals surface area contributed by atoms with E-state index in [9.17, 15) is 29.4 Å². The second-order valence-electron chi connectivity index (χ2n) is 6.95. The lowest BCUT2D eigenvalue weighted by Crippen LogP contribution is -2.58. The molecule has 7 N–H and O–H groups in total. The topological polar surface area (TPSA) is 171 Å². The van der Waals surface area contributed by atoms with E-state index in [1.807, 2.05) is 0 Å². The summed E-state index contributed by atoms with van der Waals surface area (Å²) < 4.78 is 0. The Morgan fingerprint density at radius 2 is 1.48 bits per heavy atom. The summed E-state index contributed by atoms with van der Waals surface area (Å²) in [5.41, 5.74) is 5.71. The zero-order chi connectivity index (χ0) is 21.3. The summed E-state index contributed by atoms with van der Waals surface area (Å²) in [6.07, 6.45) is 0.520. The Morgan fingerprint density at radius 3 is 1.89 bits per heavy atom. The van der Waals surface area contributed by atoms with Crippen LogP contribution in [0, 0.1) is 11.8 Å². The molecule has 10 heteroatoms. The molecule has 0 radical (unpaired) electrons. The van der Waals surface area contributed by atoms with Crippen LogP contribution in [0.2, 0.25) is 0 Å². The Hall–Kier alpha value is -2.20. The van der Waals surface area contributed by atoms with Crippen LogP contribution in [-0.4, -0.2) is 64.7 Å². The van der Waals surface area contributed by atoms with Crippen molar-refractivity contribution >= 4 is 23.7 Å². The Balaban J connectivity index is 4.89. The zero-order valence-electron chi connectivity index (χ0n) is 16.5. The quantitative estimate of drug-likeness (QED) is 0.252. The molecule has 0 saturated heterocycles. The normalized spacial score (nSPS) is 16.6. The maximum atomic E-state index is 12.2. The fourth-order valence-electron chi connectivity index (χ4n) is 2.11. The SMILES string of the molecule is CCC(C)C(NC(=O)C(CO)NC(=O)C(C)NC(=O)C(N)C(C)C)C(=O)O. The van der Waals surface area contributed by atoms with Crippen molar-refractivity contribution in [1.82, 2.24) is 16.0 Å². The molecule has 0 aromatic heterocycles. The number of nitrogens with two attached hydrogens (primary N) is 1. The number of carboxylic acids is 1. The number of aliphatic hydroxyl groups is 1. The van der Waals surface area contributed by atoms with E-state index in [-0.39, 0.29) is 11.8 Å². The smallest absolute Gasteiger partial charge is 0.326 e. The Labute approximate surface area is 159 Å². The highest BCUT2D eigenvalue weighted by Gasteiger charge is 2.30. The van der Waals surface area contributed by atoms with Crippen molar-refractivity contribution in [2.75, 3.05) is 6.61 Å². The Bertz CT molecular complexity index is 540. The molecule has 156 valence electrons. The lowest BCUT2D eigenvalue weighted by atomic mass is 9.99. The van der Waals surface area contributed by atoms with E-state index in [2.05, 4.69) is 16.0 Å². The maximum Gasteiger partial charge on any atom is 0.326 e. The minimum absolute atomic E-state index is 0.121. The first kappa shape index (κ1) is 24.8. The standard InChI is InChI=1S/C17H32N4O6/c1-6-9(4)13(17(26)27)21-15(24)11(7-22)20-14(23)10(5)19-16(25)12(18)8(2)3/h8-13,22H,6-7,18H2,1-5H3,(H,19,25)(H,20,23)(H,21,24)(H,26,27). The molecule has 0 saturated carbocycles. The van der Waals surface area contributed by atoms with Crippen LogP contribution in [0.15, 0.2) is 0 Å². The number of aliphatic hydroxyl groups excluding tert-OH is 1. The van der Waals surface area contributed by atoms with Crippen molar-refractivity contribution in [3.63, 3.8) is 0 Å². The van der Waals surface area contributed by atoms with Crippen molar-refractivity contribution in [3.05, 3.63) is 0 Å². The molecular weight excluding hydrogens is 356 g/mol. The minimum atomic E-state index is -1.35. The molecule has 0 aliphatic heterocycles. The van der Waals surface area contributed by atoms with Crippen molar-refractivity contribution in [3.8, 4) is 0 Å². The van der Waals surface area contributed by atoms with Crippen molar-refractivity contribution in [2.24, 2.45) is 17.6 Å². The number of hydrogen-bond donors (Lipinski definition) is 6. The average Bonchev–Trinajstić information content (AvgIpc) is 2.61. The number of hydrogen-bond acceptors (Lipinski definition) is 6. The van der Waals surface area contributed by atoms with Gasteiger partial charge in [0.2, 0.25) is 17.7 Å². The molecule has 0 aliphatic rings. The van der Waals surface area contributed by atoms with Crippen LogP contribution < -0.4 is 21.7 Å². The fourth-order valence-corrected chi connectivity index (χ4v) is 2.11. The molecule has 3 amide bonds. The molecular formula is C17H32N4O6. The summed E-state index contributed by atoms with van der Waals surface area (Å²) in [6.45, 7) is 7.66. The van der Waals surface area contributed by atoms with E-state index in [1.54, 1.807) is 27.7 Å². The third-order valence-corrected chi connectivity index (χ3v) is 4.37. The molecule has 0 fully saturated rings. The van der Waals surface area contributed by atoms with Gasteiger partial charge in [-0.3, -0.25) is 14.4 Å². The highest BCUT2D eigenvalue weighted by molar-refractivity contribution is 5.94. The van der Waals surface area contributed by atoms with Crippen molar-refractivity contribution in [1.29, 1.82) is 0 Å². The first-order valence-corrected chi connectivity index (χ1v) is 8.96. The minimum Gasteiger partial charge on any atom is -0.480 e. The predicted molar refractivity (Wildman–Crippen MR) is 98.5 cm³/mol. The van der Waals surface area contributed by atoms with Gasteiger partial charge in [0.05, 0.1) is 12.6 Å². The van der Waals surface area contributed by atoms with Gasteiger partial charge in [0.1, 0.15) is 18.1 Å². The van der Waals surface area contributed by atoms with E-state index < -0.39 is 54.5 Å². The third-order valence-electron chi connectivity index (χ3n) is 4.37. The lowest BCUT2D eigenvalue weighted by molar-refractivity contribution is -0.144. The van der Waals surface area contributed by atoms with E-state index in [4.69, 9.17) is 5.73 Å². The van der Waals surface area contributed by atoms with Crippen LogP contribution in [0.3, 0.4) is 0 Å². The molecule has 0 heterocycles. The molecule has 0 bridgehead atoms. The molecule has 27 heavy (non-hydrogen) atoms. The van der Waals surface area contributed by atoms with Crippen molar-refractivity contribution < 1.29 is 29.4 Å². The molecule has 10 nitrogen and oxygen atoms in total. The molecule has 5 atom stereocenters. The Morgan fingerprint density at radius 1 is 0.926 bits per heavy atom. The second-order valence-corrected chi connectivity index (χ2v) is 6.95. The van der Waals surface area contributed by atoms with Gasteiger partial charge in [0.25, 0.3) is 0 Å². The van der Waals surface area contributed by atoms with E-state index in [0.717, 1.165) is 0 Å². The number of carbonyl (C=O) groups is 4. The van der Waals surface area contributed by atoms with E-state index in [0.29, 0.717) is 6.42 Å². The summed E-state index contributed by atoms with van der Waals surface area (Å²) in [4.78, 5) is 47.6. The van der Waals surface area contributed by atoms with E-state index >= 15 is 0 Å². The van der Waals surface area contributed by atoms with Gasteiger partial charge in [-0.05, 0) is 18.8 Å². The molecule has 5 unspecified atom stereocenters. The van der Waals surface area contributed by atoms with Crippen molar-refractivity contribution in [2.45, 2.75) is 65.2 Å². The van der Waals surface area contributed by atoms with Gasteiger partial charge in [-0.2, -0.15) is 0 Å². The van der Waals surface area contributed by atoms with Gasteiger partial charge in [-0.15, -0.1) is 0 Å². The lowest BCUT2D eigenvalue weighted by Gasteiger charge is -2.25. The van der Waals surface area contributed by atoms with Gasteiger partial charge in [0.15, 0.2) is 0 Å². The van der Waals surface area contributed by atoms with Crippen LogP contribution in [0.5, 0.6) is 0 Å². The highest BCUT2D eigenvalue weighted by Crippen LogP contribution is 2.08. The number of carboxylic acid groups (broad SMARTS) is 1. The van der Waals surface area contributed by atoms with Gasteiger partial charge in [-0.1, -0.05) is 34.1 Å². The number of aliphatic carboxylic acids is 1. The predicted octanol–water partition coefficient (Wildman–Crippen LogP) is -1.43. The molecule has 0 aromatic rings. The van der Waals surface area contributed by atoms with Gasteiger partial charge in [0, 0.05) is 0 Å². The van der Waals surface area contributed by atoms with Crippen LogP contribution >= 0.6 is 0 Å². The molecule has 0 rings (SSSR count). The van der Waals surface area contributed by atoms with Crippen LogP contribution in [0.1, 0.15) is 41.0 Å². The van der Waals surface area contributed by atoms with Crippen LogP contribution in [0.25, 0.3) is 0 Å². The van der Waals surface area contributed by atoms with Gasteiger partial charge < -0.3 is 31.9 Å². The largest absolute Gasteiger partial charge is 0.480 e. The Kier molecular flexibility index (Phi) is 10.6. The number of rotatable bonds is 11. The average molecular weight is 388 g/mol. The van der Waals surface area contributed by atoms with Gasteiger partial charge in [-0.25, -0.2) is 4.79 Å². The first-order valence-electron chi connectivity index (χ1n) is 8.96. The second kappa shape index (κ2) is 11.5.